The van der Waals surface area contributed by atoms with Gasteiger partial charge >= 0.3 is 0 Å². The van der Waals surface area contributed by atoms with Crippen LogP contribution >= 0.6 is 11.3 Å². The molecule has 1 amide bonds. The monoisotopic (exact) mass is 311 g/mol. The molecule has 0 saturated heterocycles. The molecule has 0 saturated carbocycles. The van der Waals surface area contributed by atoms with Crippen molar-refractivity contribution in [3.63, 3.8) is 0 Å². The Balaban J connectivity index is 2.05. The third-order valence-corrected chi connectivity index (χ3v) is 3.90. The van der Waals surface area contributed by atoms with Gasteiger partial charge in [0.2, 0.25) is 5.13 Å². The molecular formula is C16H13N3O2S. The van der Waals surface area contributed by atoms with E-state index in [2.05, 4.69) is 15.5 Å². The van der Waals surface area contributed by atoms with E-state index < -0.39 is 11.5 Å². The molecular weight excluding hydrogens is 298 g/mol. The first-order valence-electron chi connectivity index (χ1n) is 6.62. The summed E-state index contributed by atoms with van der Waals surface area (Å²) < 4.78 is 0. The summed E-state index contributed by atoms with van der Waals surface area (Å²) >= 11 is 1.19. The topological polar surface area (TPSA) is 75.1 Å². The molecule has 0 aliphatic heterocycles. The van der Waals surface area contributed by atoms with Crippen molar-refractivity contribution in [2.45, 2.75) is 5.60 Å². The number of hydrogen-bond acceptors (Lipinski definition) is 5. The second-order valence-electron chi connectivity index (χ2n) is 4.64. The van der Waals surface area contributed by atoms with Crippen LogP contribution in [0.1, 0.15) is 11.1 Å². The van der Waals surface area contributed by atoms with E-state index in [-0.39, 0.29) is 0 Å². The normalized spacial score (nSPS) is 11.1. The third-order valence-electron chi connectivity index (χ3n) is 3.29. The van der Waals surface area contributed by atoms with Crippen LogP contribution in [0.15, 0.2) is 66.2 Å². The van der Waals surface area contributed by atoms with Gasteiger partial charge in [0.05, 0.1) is 0 Å². The maximum absolute atomic E-state index is 12.7. The Hall–Kier alpha value is -2.57. The Morgan fingerprint density at radius 1 is 1.00 bits per heavy atom. The molecule has 1 heterocycles. The molecule has 5 nitrogen and oxygen atoms in total. The van der Waals surface area contributed by atoms with Crippen molar-refractivity contribution in [1.29, 1.82) is 0 Å². The molecule has 1 aromatic heterocycles. The minimum atomic E-state index is -1.80. The summed E-state index contributed by atoms with van der Waals surface area (Å²) in [6, 6.07) is 17.6. The zero-order valence-electron chi connectivity index (χ0n) is 11.5. The van der Waals surface area contributed by atoms with Crippen molar-refractivity contribution in [3.05, 3.63) is 77.3 Å². The summed E-state index contributed by atoms with van der Waals surface area (Å²) in [5.41, 5.74) is 0.694. The number of nitrogens with one attached hydrogen (secondary N) is 1. The van der Waals surface area contributed by atoms with Crippen molar-refractivity contribution in [1.82, 2.24) is 10.2 Å². The molecule has 2 aromatic carbocycles. The molecule has 0 aliphatic rings. The highest BCUT2D eigenvalue weighted by atomic mass is 32.1. The molecule has 2 N–H and O–H groups in total. The second-order valence-corrected chi connectivity index (χ2v) is 5.47. The maximum Gasteiger partial charge on any atom is 0.267 e. The SMILES string of the molecule is O=C(Nc1nncs1)C(O)(c1ccccc1)c1ccccc1. The van der Waals surface area contributed by atoms with Crippen LogP contribution in [-0.4, -0.2) is 21.2 Å². The zero-order valence-corrected chi connectivity index (χ0v) is 12.3. The van der Waals surface area contributed by atoms with Crippen LogP contribution in [0, 0.1) is 0 Å². The minimum absolute atomic E-state index is 0.343. The number of benzene rings is 2. The highest BCUT2D eigenvalue weighted by Crippen LogP contribution is 2.31. The maximum atomic E-state index is 12.7. The molecule has 0 aliphatic carbocycles. The van der Waals surface area contributed by atoms with Gasteiger partial charge in [-0.1, -0.05) is 72.0 Å². The van der Waals surface area contributed by atoms with Gasteiger partial charge in [-0.3, -0.25) is 10.1 Å². The molecule has 3 rings (SSSR count). The molecule has 0 fully saturated rings. The van der Waals surface area contributed by atoms with Gasteiger partial charge in [0.15, 0.2) is 5.60 Å². The van der Waals surface area contributed by atoms with E-state index in [1.165, 1.54) is 16.8 Å². The number of amides is 1. The summed E-state index contributed by atoms with van der Waals surface area (Å²) in [6.45, 7) is 0. The molecule has 0 unspecified atom stereocenters. The first-order valence-corrected chi connectivity index (χ1v) is 7.50. The molecule has 0 atom stereocenters. The van der Waals surface area contributed by atoms with Gasteiger partial charge in [-0.25, -0.2) is 0 Å². The number of carbonyl (C=O) groups excluding carboxylic acids is 1. The van der Waals surface area contributed by atoms with Crippen molar-refractivity contribution in [3.8, 4) is 0 Å². The Morgan fingerprint density at radius 3 is 2.00 bits per heavy atom. The van der Waals surface area contributed by atoms with Crippen LogP contribution in [0.5, 0.6) is 0 Å². The van der Waals surface area contributed by atoms with E-state index in [4.69, 9.17) is 0 Å². The smallest absolute Gasteiger partial charge is 0.267 e. The Bertz CT molecular complexity index is 706. The van der Waals surface area contributed by atoms with Crippen molar-refractivity contribution >= 4 is 22.4 Å². The number of aromatic nitrogens is 2. The zero-order chi connectivity index (χ0) is 15.4. The number of nitrogens with zero attached hydrogens (tertiary/aromatic N) is 2. The van der Waals surface area contributed by atoms with E-state index in [1.807, 2.05) is 12.1 Å². The number of rotatable bonds is 4. The van der Waals surface area contributed by atoms with Crippen LogP contribution in [0.4, 0.5) is 5.13 Å². The van der Waals surface area contributed by atoms with Crippen LogP contribution in [0.3, 0.4) is 0 Å². The fraction of sp³-hybridized carbons (Fsp3) is 0.0625. The van der Waals surface area contributed by atoms with Crippen LogP contribution < -0.4 is 5.32 Å². The second kappa shape index (κ2) is 6.05. The Morgan fingerprint density at radius 2 is 1.55 bits per heavy atom. The van der Waals surface area contributed by atoms with E-state index in [1.54, 1.807) is 48.5 Å². The predicted octanol–water partition coefficient (Wildman–Crippen LogP) is 2.41. The fourth-order valence-electron chi connectivity index (χ4n) is 2.20. The quantitative estimate of drug-likeness (QED) is 0.776. The standard InChI is InChI=1S/C16H13N3O2S/c20-14(18-15-19-17-11-22-15)16(21,12-7-3-1-4-8-12)13-9-5-2-6-10-13/h1-11,21H,(H,18,19,20). The Labute approximate surface area is 131 Å². The number of carbonyl (C=O) groups is 1. The molecule has 6 heteroatoms. The molecule has 3 aromatic rings. The summed E-state index contributed by atoms with van der Waals surface area (Å²) in [5, 5.41) is 21.6. The number of aliphatic hydroxyl groups is 1. The molecule has 0 spiro atoms. The molecule has 22 heavy (non-hydrogen) atoms. The Kier molecular flexibility index (Phi) is 3.95. The molecule has 0 bridgehead atoms. The van der Waals surface area contributed by atoms with E-state index in [0.717, 1.165) is 0 Å². The van der Waals surface area contributed by atoms with Gasteiger partial charge in [-0.15, -0.1) is 10.2 Å². The number of anilines is 1. The highest BCUT2D eigenvalue weighted by Gasteiger charge is 2.40. The minimum Gasteiger partial charge on any atom is -0.372 e. The lowest BCUT2D eigenvalue weighted by Gasteiger charge is -2.27. The van der Waals surface area contributed by atoms with Crippen LogP contribution in [-0.2, 0) is 10.4 Å². The van der Waals surface area contributed by atoms with Crippen molar-refractivity contribution in [2.24, 2.45) is 0 Å². The predicted molar refractivity (Wildman–Crippen MR) is 84.4 cm³/mol. The van der Waals surface area contributed by atoms with Crippen LogP contribution in [0.25, 0.3) is 0 Å². The van der Waals surface area contributed by atoms with Gasteiger partial charge in [0.25, 0.3) is 5.91 Å². The fourth-order valence-corrected chi connectivity index (χ4v) is 2.64. The van der Waals surface area contributed by atoms with Gasteiger partial charge in [-0.2, -0.15) is 0 Å². The first-order chi connectivity index (χ1) is 10.7. The van der Waals surface area contributed by atoms with Gasteiger partial charge in [0, 0.05) is 0 Å². The van der Waals surface area contributed by atoms with Gasteiger partial charge in [0.1, 0.15) is 5.51 Å². The number of hydrogen-bond donors (Lipinski definition) is 2. The lowest BCUT2D eigenvalue weighted by atomic mass is 9.85. The average Bonchev–Trinajstić information content (AvgIpc) is 3.08. The van der Waals surface area contributed by atoms with E-state index in [0.29, 0.717) is 16.3 Å². The first kappa shape index (κ1) is 14.4. The summed E-state index contributed by atoms with van der Waals surface area (Å²) in [6.07, 6.45) is 0. The largest absolute Gasteiger partial charge is 0.372 e. The third kappa shape index (κ3) is 2.61. The van der Waals surface area contributed by atoms with E-state index in [9.17, 15) is 9.90 Å². The summed E-state index contributed by atoms with van der Waals surface area (Å²) in [4.78, 5) is 12.7. The van der Waals surface area contributed by atoms with Gasteiger partial charge < -0.3 is 5.11 Å². The van der Waals surface area contributed by atoms with Crippen molar-refractivity contribution < 1.29 is 9.90 Å². The lowest BCUT2D eigenvalue weighted by Crippen LogP contribution is -2.41. The summed E-state index contributed by atoms with van der Waals surface area (Å²) in [7, 11) is 0. The van der Waals surface area contributed by atoms with E-state index >= 15 is 0 Å². The lowest BCUT2D eigenvalue weighted by molar-refractivity contribution is -0.131. The molecule has 0 radical (unpaired) electrons. The van der Waals surface area contributed by atoms with Crippen LogP contribution in [0.2, 0.25) is 0 Å². The average molecular weight is 311 g/mol. The van der Waals surface area contributed by atoms with Crippen molar-refractivity contribution in [2.75, 3.05) is 5.32 Å². The molecule has 110 valence electrons. The highest BCUT2D eigenvalue weighted by molar-refractivity contribution is 7.13. The van der Waals surface area contributed by atoms with Gasteiger partial charge in [-0.05, 0) is 11.1 Å². The summed E-state index contributed by atoms with van der Waals surface area (Å²) in [5.74, 6) is -0.568.